The van der Waals surface area contributed by atoms with Crippen molar-refractivity contribution in [3.05, 3.63) is 0 Å². The molecule has 0 aromatic heterocycles. The smallest absolute Gasteiger partial charge is 0.0713 e. The molecule has 0 aromatic rings. The molecule has 1 heteroatoms. The third kappa shape index (κ3) is 1.33. The maximum absolute atomic E-state index is 6.21. The van der Waals surface area contributed by atoms with Gasteiger partial charge in [-0.05, 0) is 69.1 Å². The van der Waals surface area contributed by atoms with Gasteiger partial charge in [-0.3, -0.25) is 0 Å². The minimum absolute atomic E-state index is 0.327. The van der Waals surface area contributed by atoms with Crippen LogP contribution in [0.15, 0.2) is 0 Å². The lowest BCUT2D eigenvalue weighted by molar-refractivity contribution is -0.226. The first-order valence-corrected chi connectivity index (χ1v) is 7.39. The average Bonchev–Trinajstić information content (AvgIpc) is 2.30. The predicted octanol–water partition coefficient (Wildman–Crippen LogP) is 4.16. The molecule has 4 unspecified atom stereocenters. The molecule has 0 N–H and O–H groups in total. The highest BCUT2D eigenvalue weighted by Gasteiger charge is 2.61. The molecule has 1 nitrogen and oxygen atoms in total. The Hall–Kier alpha value is -0.0400. The highest BCUT2D eigenvalue weighted by Crippen LogP contribution is 2.66. The van der Waals surface area contributed by atoms with E-state index in [1.54, 1.807) is 0 Å². The van der Waals surface area contributed by atoms with Crippen LogP contribution in [0.5, 0.6) is 0 Å². The van der Waals surface area contributed by atoms with E-state index >= 15 is 0 Å². The largest absolute Gasteiger partial charge is 0.375 e. The summed E-state index contributed by atoms with van der Waals surface area (Å²) in [5.74, 6) is 1.90. The maximum Gasteiger partial charge on any atom is 0.0713 e. The molecule has 4 bridgehead atoms. The quantitative estimate of drug-likeness (QED) is 0.694. The fourth-order valence-corrected chi connectivity index (χ4v) is 5.36. The molecule has 16 heavy (non-hydrogen) atoms. The van der Waals surface area contributed by atoms with Crippen molar-refractivity contribution in [3.63, 3.8) is 0 Å². The topological polar surface area (TPSA) is 9.23 Å². The minimum atomic E-state index is 0.327. The molecule has 92 valence electrons. The van der Waals surface area contributed by atoms with Crippen LogP contribution < -0.4 is 0 Å². The van der Waals surface area contributed by atoms with Crippen LogP contribution in [0.3, 0.4) is 0 Å². The Labute approximate surface area is 99.9 Å². The Morgan fingerprint density at radius 1 is 1.06 bits per heavy atom. The van der Waals surface area contributed by atoms with Crippen LogP contribution in [0.1, 0.15) is 65.2 Å². The molecule has 0 saturated heterocycles. The third-order valence-corrected chi connectivity index (χ3v) is 5.94. The van der Waals surface area contributed by atoms with E-state index in [1.807, 2.05) is 0 Å². The summed E-state index contributed by atoms with van der Waals surface area (Å²) in [6.45, 7) is 5.45. The van der Waals surface area contributed by atoms with E-state index in [4.69, 9.17) is 4.74 Å². The standard InChI is InChI=1S/C15H26O/c1-3-7-14-8-9-15(16-4-2)11-12(14)5-6-13(15)10-14/h12-13H,3-11H2,1-2H3. The number of ether oxygens (including phenoxy) is 1. The SMILES string of the molecule is CCCC12CCC3(OCC)CC1CCC3C2. The van der Waals surface area contributed by atoms with Crippen LogP contribution in [0, 0.1) is 17.3 Å². The number of rotatable bonds is 4. The Kier molecular flexibility index (Phi) is 2.58. The summed E-state index contributed by atoms with van der Waals surface area (Å²) < 4.78 is 6.21. The van der Waals surface area contributed by atoms with Gasteiger partial charge in [0.05, 0.1) is 5.60 Å². The highest BCUT2D eigenvalue weighted by atomic mass is 16.5. The second-order valence-corrected chi connectivity index (χ2v) is 6.49. The molecule has 0 radical (unpaired) electrons. The molecular formula is C15H26O. The molecule has 0 spiro atoms. The molecule has 5 rings (SSSR count). The van der Waals surface area contributed by atoms with Gasteiger partial charge in [-0.15, -0.1) is 0 Å². The molecular weight excluding hydrogens is 196 g/mol. The van der Waals surface area contributed by atoms with Gasteiger partial charge in [0, 0.05) is 6.61 Å². The lowest BCUT2D eigenvalue weighted by atomic mass is 9.43. The molecule has 0 heterocycles. The Bertz CT molecular complexity index is 247. The normalized spacial score (nSPS) is 49.9. The van der Waals surface area contributed by atoms with Crippen molar-refractivity contribution in [3.8, 4) is 0 Å². The van der Waals surface area contributed by atoms with Crippen LogP contribution in [0.2, 0.25) is 0 Å². The van der Waals surface area contributed by atoms with E-state index in [-0.39, 0.29) is 0 Å². The van der Waals surface area contributed by atoms with Crippen LogP contribution in [-0.2, 0) is 4.74 Å². The minimum Gasteiger partial charge on any atom is -0.375 e. The zero-order valence-corrected chi connectivity index (χ0v) is 10.9. The van der Waals surface area contributed by atoms with Crippen LogP contribution in [0.4, 0.5) is 0 Å². The summed E-state index contributed by atoms with van der Waals surface area (Å²) in [6, 6.07) is 0. The van der Waals surface area contributed by atoms with Crippen molar-refractivity contribution < 1.29 is 4.74 Å². The highest BCUT2D eigenvalue weighted by molar-refractivity contribution is 5.12. The lowest BCUT2D eigenvalue weighted by Gasteiger charge is -2.65. The van der Waals surface area contributed by atoms with Crippen LogP contribution >= 0.6 is 0 Å². The molecule has 5 saturated carbocycles. The summed E-state index contributed by atoms with van der Waals surface area (Å²) >= 11 is 0. The van der Waals surface area contributed by atoms with E-state index in [0.29, 0.717) is 5.60 Å². The van der Waals surface area contributed by atoms with Gasteiger partial charge in [0.1, 0.15) is 0 Å². The van der Waals surface area contributed by atoms with Crippen molar-refractivity contribution >= 4 is 0 Å². The van der Waals surface area contributed by atoms with Crippen LogP contribution in [0.25, 0.3) is 0 Å². The van der Waals surface area contributed by atoms with Crippen molar-refractivity contribution in [2.24, 2.45) is 17.3 Å². The molecule has 5 fully saturated rings. The summed E-state index contributed by atoms with van der Waals surface area (Å²) in [5.41, 5.74) is 1.07. The van der Waals surface area contributed by atoms with Crippen molar-refractivity contribution in [2.45, 2.75) is 70.8 Å². The second kappa shape index (κ2) is 3.73. The first-order valence-electron chi connectivity index (χ1n) is 7.39. The monoisotopic (exact) mass is 222 g/mol. The summed E-state index contributed by atoms with van der Waals surface area (Å²) in [6.07, 6.45) is 11.5. The Morgan fingerprint density at radius 2 is 1.88 bits per heavy atom. The number of hydrogen-bond acceptors (Lipinski definition) is 1. The maximum atomic E-state index is 6.21. The zero-order chi connectivity index (χ0) is 11.2. The summed E-state index contributed by atoms with van der Waals surface area (Å²) in [7, 11) is 0. The predicted molar refractivity (Wildman–Crippen MR) is 66.4 cm³/mol. The molecule has 4 atom stereocenters. The first-order chi connectivity index (χ1) is 7.75. The van der Waals surface area contributed by atoms with Gasteiger partial charge >= 0.3 is 0 Å². The summed E-state index contributed by atoms with van der Waals surface area (Å²) in [4.78, 5) is 0. The average molecular weight is 222 g/mol. The van der Waals surface area contributed by atoms with Gasteiger partial charge in [-0.2, -0.15) is 0 Å². The fourth-order valence-electron chi connectivity index (χ4n) is 5.36. The van der Waals surface area contributed by atoms with Gasteiger partial charge in [0.15, 0.2) is 0 Å². The number of fused-ring (bicyclic) bond motifs is 2. The first kappa shape index (κ1) is 11.1. The second-order valence-electron chi connectivity index (χ2n) is 6.49. The van der Waals surface area contributed by atoms with Gasteiger partial charge < -0.3 is 4.74 Å². The van der Waals surface area contributed by atoms with Gasteiger partial charge in [0.2, 0.25) is 0 Å². The molecule has 5 aliphatic carbocycles. The molecule has 0 amide bonds. The van der Waals surface area contributed by atoms with Crippen LogP contribution in [-0.4, -0.2) is 12.2 Å². The third-order valence-electron chi connectivity index (χ3n) is 5.94. The van der Waals surface area contributed by atoms with Crippen molar-refractivity contribution in [2.75, 3.05) is 6.61 Å². The lowest BCUT2D eigenvalue weighted by Crippen LogP contribution is -2.61. The fraction of sp³-hybridized carbons (Fsp3) is 1.00. The van der Waals surface area contributed by atoms with Crippen molar-refractivity contribution in [1.82, 2.24) is 0 Å². The molecule has 0 aromatic carbocycles. The summed E-state index contributed by atoms with van der Waals surface area (Å²) in [5, 5.41) is 0. The van der Waals surface area contributed by atoms with Gasteiger partial charge in [-0.1, -0.05) is 13.3 Å². The van der Waals surface area contributed by atoms with E-state index in [9.17, 15) is 0 Å². The van der Waals surface area contributed by atoms with Gasteiger partial charge in [0.25, 0.3) is 0 Å². The molecule has 5 aliphatic rings. The Balaban J connectivity index is 1.85. The number of hydrogen-bond donors (Lipinski definition) is 0. The van der Waals surface area contributed by atoms with E-state index in [0.717, 1.165) is 23.9 Å². The zero-order valence-electron chi connectivity index (χ0n) is 10.9. The van der Waals surface area contributed by atoms with E-state index in [1.165, 1.54) is 51.4 Å². The van der Waals surface area contributed by atoms with E-state index in [2.05, 4.69) is 13.8 Å². The van der Waals surface area contributed by atoms with Gasteiger partial charge in [-0.25, -0.2) is 0 Å². The Morgan fingerprint density at radius 3 is 2.50 bits per heavy atom. The molecule has 0 aliphatic heterocycles. The van der Waals surface area contributed by atoms with Crippen molar-refractivity contribution in [1.29, 1.82) is 0 Å². The van der Waals surface area contributed by atoms with E-state index < -0.39 is 0 Å².